The lowest BCUT2D eigenvalue weighted by Gasteiger charge is -2.06. The summed E-state index contributed by atoms with van der Waals surface area (Å²) in [5, 5.41) is 20.1. The van der Waals surface area contributed by atoms with E-state index in [9.17, 15) is 10.2 Å². The van der Waals surface area contributed by atoms with Gasteiger partial charge in [-0.25, -0.2) is 4.98 Å². The lowest BCUT2D eigenvalue weighted by atomic mass is 10.1. The zero-order chi connectivity index (χ0) is 20.8. The van der Waals surface area contributed by atoms with E-state index in [1.54, 1.807) is 12.3 Å². The molecule has 0 aliphatic heterocycles. The van der Waals surface area contributed by atoms with Crippen LogP contribution in [0.1, 0.15) is 23.1 Å². The number of rotatable bonds is 3. The molecule has 0 fully saturated rings. The third-order valence-corrected chi connectivity index (χ3v) is 6.74. The van der Waals surface area contributed by atoms with Crippen molar-refractivity contribution in [3.05, 3.63) is 68.1 Å². The molecule has 0 amide bonds. The van der Waals surface area contributed by atoms with Gasteiger partial charge in [-0.3, -0.25) is 4.99 Å². The number of aliphatic imine (C=N–C) groups is 1. The second-order valence-electron chi connectivity index (χ2n) is 7.34. The number of hydrogen-bond acceptors (Lipinski definition) is 4. The highest BCUT2D eigenvalue weighted by Gasteiger charge is 2.14. The van der Waals surface area contributed by atoms with Gasteiger partial charge in [-0.1, -0.05) is 12.1 Å². The van der Waals surface area contributed by atoms with Crippen molar-refractivity contribution in [3.8, 4) is 22.9 Å². The molecule has 0 unspecified atom stereocenters. The monoisotopic (exact) mass is 525 g/mol. The molecule has 30 heavy (non-hydrogen) atoms. The van der Waals surface area contributed by atoms with Crippen molar-refractivity contribution in [3.63, 3.8) is 0 Å². The van der Waals surface area contributed by atoms with E-state index in [4.69, 9.17) is 4.98 Å². The smallest absolute Gasteiger partial charge is 0.147 e. The Morgan fingerprint density at radius 3 is 2.67 bits per heavy atom. The van der Waals surface area contributed by atoms with Gasteiger partial charge in [0.1, 0.15) is 21.8 Å². The van der Waals surface area contributed by atoms with E-state index < -0.39 is 0 Å². The van der Waals surface area contributed by atoms with Crippen LogP contribution in [0.25, 0.3) is 22.4 Å². The molecule has 1 aliphatic carbocycles. The van der Waals surface area contributed by atoms with Gasteiger partial charge in [0, 0.05) is 17.3 Å². The minimum Gasteiger partial charge on any atom is -0.506 e. The Bertz CT molecular complexity index is 1330. The van der Waals surface area contributed by atoms with Crippen LogP contribution in [0.15, 0.2) is 56.4 Å². The van der Waals surface area contributed by atoms with Gasteiger partial charge in [0.2, 0.25) is 0 Å². The van der Waals surface area contributed by atoms with E-state index in [0.29, 0.717) is 15.7 Å². The highest BCUT2D eigenvalue weighted by atomic mass is 79.9. The summed E-state index contributed by atoms with van der Waals surface area (Å²) in [6.45, 7) is 0. The van der Waals surface area contributed by atoms with Crippen LogP contribution in [0, 0.1) is 0 Å². The molecule has 0 bridgehead atoms. The molecule has 0 radical (unpaired) electrons. The summed E-state index contributed by atoms with van der Waals surface area (Å²) in [6.07, 6.45) is 5.09. The van der Waals surface area contributed by atoms with Gasteiger partial charge in [0.25, 0.3) is 0 Å². The Morgan fingerprint density at radius 2 is 1.80 bits per heavy atom. The number of aryl methyl sites for hydroxylation is 2. The maximum atomic E-state index is 10.2. The van der Waals surface area contributed by atoms with Gasteiger partial charge in [-0.2, -0.15) is 0 Å². The third-order valence-electron chi connectivity index (χ3n) is 5.39. The molecule has 5 nitrogen and oxygen atoms in total. The van der Waals surface area contributed by atoms with Crippen LogP contribution < -0.4 is 0 Å². The number of halogens is 2. The number of benzene rings is 3. The van der Waals surface area contributed by atoms with E-state index in [1.165, 1.54) is 24.0 Å². The van der Waals surface area contributed by atoms with Crippen LogP contribution >= 0.6 is 31.9 Å². The normalized spacial score (nSPS) is 13.4. The Morgan fingerprint density at radius 1 is 0.967 bits per heavy atom. The van der Waals surface area contributed by atoms with Gasteiger partial charge in [0.15, 0.2) is 0 Å². The molecule has 5 rings (SSSR count). The van der Waals surface area contributed by atoms with Crippen LogP contribution in [0.4, 0.5) is 5.69 Å². The van der Waals surface area contributed by atoms with Crippen molar-refractivity contribution >= 4 is 54.8 Å². The minimum atomic E-state index is -0.0702. The molecular formula is C23H17Br2N3O2. The molecule has 3 aromatic carbocycles. The fourth-order valence-electron chi connectivity index (χ4n) is 3.79. The molecule has 1 aliphatic rings. The van der Waals surface area contributed by atoms with E-state index in [1.807, 2.05) is 18.2 Å². The first-order valence-corrected chi connectivity index (χ1v) is 11.1. The first kappa shape index (κ1) is 19.3. The first-order valence-electron chi connectivity index (χ1n) is 9.55. The average Bonchev–Trinajstić information content (AvgIpc) is 3.39. The number of imidazole rings is 1. The topological polar surface area (TPSA) is 81.5 Å². The molecule has 150 valence electrons. The Kier molecular flexibility index (Phi) is 4.87. The van der Waals surface area contributed by atoms with E-state index >= 15 is 0 Å². The van der Waals surface area contributed by atoms with Crippen LogP contribution in [0.3, 0.4) is 0 Å². The predicted octanol–water partition coefficient (Wildman–Crippen LogP) is 6.41. The number of aromatic amines is 1. The Labute approximate surface area is 189 Å². The van der Waals surface area contributed by atoms with Crippen LogP contribution in [-0.4, -0.2) is 26.4 Å². The summed E-state index contributed by atoms with van der Waals surface area (Å²) in [5.74, 6) is 0.728. The molecule has 1 heterocycles. The fraction of sp³-hybridized carbons (Fsp3) is 0.130. The van der Waals surface area contributed by atoms with Crippen LogP contribution in [0.5, 0.6) is 11.5 Å². The van der Waals surface area contributed by atoms with Gasteiger partial charge in [-0.15, -0.1) is 0 Å². The zero-order valence-corrected chi connectivity index (χ0v) is 19.0. The van der Waals surface area contributed by atoms with Crippen molar-refractivity contribution in [1.29, 1.82) is 0 Å². The third kappa shape index (κ3) is 3.42. The molecular weight excluding hydrogens is 510 g/mol. The van der Waals surface area contributed by atoms with Crippen LogP contribution in [0.2, 0.25) is 0 Å². The number of fused-ring (bicyclic) bond motifs is 2. The highest BCUT2D eigenvalue weighted by molar-refractivity contribution is 9.11. The summed E-state index contributed by atoms with van der Waals surface area (Å²) in [6, 6.07) is 13.9. The Hall–Kier alpha value is -2.64. The molecule has 0 saturated carbocycles. The maximum absolute atomic E-state index is 10.2. The standard InChI is InChI=1S/C23H17Br2N3O2/c24-17-9-15(21(29)20(25)22(17)30)11-26-16-6-7-18-19(10-16)28-23(27-18)14-5-4-12-2-1-3-13(12)8-14/h4-11,29-30H,1-3H2,(H,27,28)/b26-11+. The summed E-state index contributed by atoms with van der Waals surface area (Å²) in [5.41, 5.74) is 6.94. The fourth-order valence-corrected chi connectivity index (χ4v) is 4.94. The molecule has 0 saturated heterocycles. The lowest BCUT2D eigenvalue weighted by molar-refractivity contribution is 0.442. The number of phenols is 2. The van der Waals surface area contributed by atoms with Crippen molar-refractivity contribution in [2.24, 2.45) is 4.99 Å². The largest absolute Gasteiger partial charge is 0.506 e. The number of aromatic hydroxyl groups is 2. The SMILES string of the molecule is Oc1c(Br)cc(/C=N/c2ccc3[nH]c(-c4ccc5c(c4)CCC5)nc3c2)c(O)c1Br. The van der Waals surface area contributed by atoms with Crippen molar-refractivity contribution < 1.29 is 10.2 Å². The number of aromatic nitrogens is 2. The molecule has 3 N–H and O–H groups in total. The van der Waals surface area contributed by atoms with Gasteiger partial charge in [0.05, 0.1) is 21.2 Å². The van der Waals surface area contributed by atoms with Gasteiger partial charge >= 0.3 is 0 Å². The van der Waals surface area contributed by atoms with E-state index in [2.05, 4.69) is 60.0 Å². The van der Waals surface area contributed by atoms with E-state index in [-0.39, 0.29) is 16.0 Å². The van der Waals surface area contributed by atoms with Crippen LogP contribution in [-0.2, 0) is 12.8 Å². The van der Waals surface area contributed by atoms with Gasteiger partial charge < -0.3 is 15.2 Å². The van der Waals surface area contributed by atoms with E-state index in [0.717, 1.165) is 28.8 Å². The number of hydrogen-bond donors (Lipinski definition) is 3. The number of nitrogens with zero attached hydrogens (tertiary/aromatic N) is 2. The summed E-state index contributed by atoms with van der Waals surface area (Å²) in [4.78, 5) is 12.6. The molecule has 4 aromatic rings. The lowest BCUT2D eigenvalue weighted by Crippen LogP contribution is -1.86. The first-order chi connectivity index (χ1) is 14.5. The highest BCUT2D eigenvalue weighted by Crippen LogP contribution is 2.40. The van der Waals surface area contributed by atoms with Crippen molar-refractivity contribution in [2.45, 2.75) is 19.3 Å². The Balaban J connectivity index is 1.47. The predicted molar refractivity (Wildman–Crippen MR) is 126 cm³/mol. The molecule has 0 spiro atoms. The second-order valence-corrected chi connectivity index (χ2v) is 8.99. The molecule has 7 heteroatoms. The number of H-pyrrole nitrogens is 1. The van der Waals surface area contributed by atoms with Crippen molar-refractivity contribution in [1.82, 2.24) is 9.97 Å². The van der Waals surface area contributed by atoms with Crippen molar-refractivity contribution in [2.75, 3.05) is 0 Å². The summed E-state index contributed by atoms with van der Waals surface area (Å²) >= 11 is 6.44. The molecule has 1 aromatic heterocycles. The maximum Gasteiger partial charge on any atom is 0.147 e. The quantitative estimate of drug-likeness (QED) is 0.270. The minimum absolute atomic E-state index is 0.0540. The summed E-state index contributed by atoms with van der Waals surface area (Å²) in [7, 11) is 0. The summed E-state index contributed by atoms with van der Waals surface area (Å²) < 4.78 is 0.690. The zero-order valence-electron chi connectivity index (χ0n) is 15.8. The molecule has 0 atom stereocenters. The number of phenolic OH excluding ortho intramolecular Hbond substituents is 2. The average molecular weight is 527 g/mol. The van der Waals surface area contributed by atoms with Gasteiger partial charge in [-0.05, 0) is 92.6 Å². The number of nitrogens with one attached hydrogen (secondary N) is 1. The second kappa shape index (κ2) is 7.56.